The van der Waals surface area contributed by atoms with E-state index in [4.69, 9.17) is 0 Å². The van der Waals surface area contributed by atoms with Gasteiger partial charge in [-0.05, 0) is 27.1 Å². The molecule has 16 heavy (non-hydrogen) atoms. The SMILES string of the molecule is CN(C)CCCNC(=O)c1c[nH]ccc1=O. The van der Waals surface area contributed by atoms with Gasteiger partial charge in [0.15, 0.2) is 5.43 Å². The second-order valence-corrected chi connectivity index (χ2v) is 3.83. The van der Waals surface area contributed by atoms with Crippen molar-refractivity contribution in [2.24, 2.45) is 0 Å². The summed E-state index contributed by atoms with van der Waals surface area (Å²) >= 11 is 0. The molecule has 1 heterocycles. The van der Waals surface area contributed by atoms with Crippen molar-refractivity contribution in [3.05, 3.63) is 34.2 Å². The fraction of sp³-hybridized carbons (Fsp3) is 0.455. The van der Waals surface area contributed by atoms with Gasteiger partial charge in [0.1, 0.15) is 5.56 Å². The van der Waals surface area contributed by atoms with Gasteiger partial charge in [0, 0.05) is 25.0 Å². The number of hydrogen-bond acceptors (Lipinski definition) is 3. The zero-order valence-electron chi connectivity index (χ0n) is 9.62. The van der Waals surface area contributed by atoms with Crippen molar-refractivity contribution in [2.75, 3.05) is 27.2 Å². The predicted molar refractivity (Wildman–Crippen MR) is 62.6 cm³/mol. The molecule has 1 aromatic heterocycles. The number of hydrogen-bond donors (Lipinski definition) is 2. The first-order valence-electron chi connectivity index (χ1n) is 5.21. The number of pyridine rings is 1. The van der Waals surface area contributed by atoms with Crippen LogP contribution in [0.5, 0.6) is 0 Å². The Morgan fingerprint density at radius 3 is 2.88 bits per heavy atom. The molecule has 1 aromatic rings. The molecule has 2 N–H and O–H groups in total. The van der Waals surface area contributed by atoms with Gasteiger partial charge < -0.3 is 15.2 Å². The lowest BCUT2D eigenvalue weighted by Crippen LogP contribution is -2.30. The molecule has 0 radical (unpaired) electrons. The van der Waals surface area contributed by atoms with Gasteiger partial charge in [0.2, 0.25) is 0 Å². The molecule has 0 aromatic carbocycles. The maximum Gasteiger partial charge on any atom is 0.256 e. The molecule has 0 atom stereocenters. The molecule has 0 spiro atoms. The molecule has 1 rings (SSSR count). The Labute approximate surface area is 94.5 Å². The van der Waals surface area contributed by atoms with Crippen LogP contribution in [0.2, 0.25) is 0 Å². The van der Waals surface area contributed by atoms with Crippen LogP contribution in [-0.4, -0.2) is 43.0 Å². The minimum absolute atomic E-state index is 0.160. The van der Waals surface area contributed by atoms with Gasteiger partial charge in [-0.2, -0.15) is 0 Å². The van der Waals surface area contributed by atoms with Crippen LogP contribution < -0.4 is 10.7 Å². The van der Waals surface area contributed by atoms with E-state index in [1.165, 1.54) is 18.5 Å². The molecule has 0 unspecified atom stereocenters. The highest BCUT2D eigenvalue weighted by molar-refractivity contribution is 5.93. The molecule has 5 nitrogen and oxygen atoms in total. The number of nitrogens with zero attached hydrogens (tertiary/aromatic N) is 1. The van der Waals surface area contributed by atoms with Crippen molar-refractivity contribution in [3.63, 3.8) is 0 Å². The summed E-state index contributed by atoms with van der Waals surface area (Å²) in [6.07, 6.45) is 3.79. The number of rotatable bonds is 5. The van der Waals surface area contributed by atoms with E-state index >= 15 is 0 Å². The first-order valence-corrected chi connectivity index (χ1v) is 5.21. The maximum atomic E-state index is 11.6. The predicted octanol–water partition coefficient (Wildman–Crippen LogP) is 0.0564. The first kappa shape index (κ1) is 12.4. The molecule has 1 amide bonds. The van der Waals surface area contributed by atoms with Crippen molar-refractivity contribution in [1.29, 1.82) is 0 Å². The van der Waals surface area contributed by atoms with Crippen molar-refractivity contribution >= 4 is 5.91 Å². The quantitative estimate of drug-likeness (QED) is 0.694. The number of amides is 1. The Hall–Kier alpha value is -1.62. The second kappa shape index (κ2) is 6.07. The fourth-order valence-electron chi connectivity index (χ4n) is 1.29. The van der Waals surface area contributed by atoms with Crippen LogP contribution in [0.1, 0.15) is 16.8 Å². The number of H-pyrrole nitrogens is 1. The Kier molecular flexibility index (Phi) is 4.72. The highest BCUT2D eigenvalue weighted by Gasteiger charge is 2.07. The van der Waals surface area contributed by atoms with Crippen LogP contribution in [0.25, 0.3) is 0 Å². The number of aromatic nitrogens is 1. The smallest absolute Gasteiger partial charge is 0.256 e. The van der Waals surface area contributed by atoms with E-state index in [9.17, 15) is 9.59 Å². The largest absolute Gasteiger partial charge is 0.367 e. The summed E-state index contributed by atoms with van der Waals surface area (Å²) in [5.74, 6) is -0.319. The van der Waals surface area contributed by atoms with E-state index in [1.807, 2.05) is 19.0 Å². The lowest BCUT2D eigenvalue weighted by atomic mass is 10.2. The minimum atomic E-state index is -0.319. The van der Waals surface area contributed by atoms with Crippen LogP contribution in [-0.2, 0) is 0 Å². The molecular weight excluding hydrogens is 206 g/mol. The summed E-state index contributed by atoms with van der Waals surface area (Å²) in [7, 11) is 3.95. The second-order valence-electron chi connectivity index (χ2n) is 3.83. The maximum absolute atomic E-state index is 11.6. The lowest BCUT2D eigenvalue weighted by Gasteiger charge is -2.09. The zero-order valence-corrected chi connectivity index (χ0v) is 9.62. The number of aromatic amines is 1. The molecule has 0 saturated heterocycles. The Morgan fingerprint density at radius 2 is 2.25 bits per heavy atom. The van der Waals surface area contributed by atoms with Crippen molar-refractivity contribution < 1.29 is 4.79 Å². The van der Waals surface area contributed by atoms with E-state index in [-0.39, 0.29) is 16.9 Å². The lowest BCUT2D eigenvalue weighted by molar-refractivity contribution is 0.0951. The number of carbonyl (C=O) groups excluding carboxylic acids is 1. The van der Waals surface area contributed by atoms with Crippen LogP contribution in [0.4, 0.5) is 0 Å². The Morgan fingerprint density at radius 1 is 1.50 bits per heavy atom. The molecule has 0 saturated carbocycles. The zero-order chi connectivity index (χ0) is 12.0. The molecule has 0 aliphatic heterocycles. The Balaban J connectivity index is 2.42. The minimum Gasteiger partial charge on any atom is -0.367 e. The van der Waals surface area contributed by atoms with Gasteiger partial charge >= 0.3 is 0 Å². The summed E-state index contributed by atoms with van der Waals surface area (Å²) in [5, 5.41) is 2.71. The van der Waals surface area contributed by atoms with Gasteiger partial charge in [-0.15, -0.1) is 0 Å². The summed E-state index contributed by atoms with van der Waals surface area (Å²) < 4.78 is 0. The average Bonchev–Trinajstić information content (AvgIpc) is 2.24. The third-order valence-electron chi connectivity index (χ3n) is 2.14. The standard InChI is InChI=1S/C11H17N3O2/c1-14(2)7-3-5-13-11(16)9-8-12-6-4-10(9)15/h4,6,8H,3,5,7H2,1-2H3,(H,12,15)(H,13,16). The molecule has 0 fully saturated rings. The van der Waals surface area contributed by atoms with Gasteiger partial charge in [0.05, 0.1) is 0 Å². The highest BCUT2D eigenvalue weighted by Crippen LogP contribution is 1.88. The van der Waals surface area contributed by atoms with E-state index in [2.05, 4.69) is 10.3 Å². The molecule has 5 heteroatoms. The normalized spacial score (nSPS) is 10.4. The topological polar surface area (TPSA) is 65.2 Å². The third-order valence-corrected chi connectivity index (χ3v) is 2.14. The van der Waals surface area contributed by atoms with E-state index in [0.29, 0.717) is 6.54 Å². The van der Waals surface area contributed by atoms with E-state index in [1.54, 1.807) is 0 Å². The molecular formula is C11H17N3O2. The van der Waals surface area contributed by atoms with Crippen molar-refractivity contribution in [2.45, 2.75) is 6.42 Å². The average molecular weight is 223 g/mol. The van der Waals surface area contributed by atoms with Gasteiger partial charge in [0.25, 0.3) is 5.91 Å². The first-order chi connectivity index (χ1) is 7.61. The molecule has 88 valence electrons. The molecule has 0 aliphatic rings. The fourth-order valence-corrected chi connectivity index (χ4v) is 1.29. The Bertz CT molecular complexity index is 398. The monoisotopic (exact) mass is 223 g/mol. The summed E-state index contributed by atoms with van der Waals surface area (Å²) in [6.45, 7) is 1.48. The third kappa shape index (κ3) is 3.86. The van der Waals surface area contributed by atoms with Crippen LogP contribution >= 0.6 is 0 Å². The highest BCUT2D eigenvalue weighted by atomic mass is 16.2. The van der Waals surface area contributed by atoms with Gasteiger partial charge in [-0.25, -0.2) is 0 Å². The summed E-state index contributed by atoms with van der Waals surface area (Å²) in [5.41, 5.74) is -0.101. The van der Waals surface area contributed by atoms with Crippen LogP contribution in [0.3, 0.4) is 0 Å². The van der Waals surface area contributed by atoms with E-state index in [0.717, 1.165) is 13.0 Å². The van der Waals surface area contributed by atoms with Crippen LogP contribution in [0, 0.1) is 0 Å². The molecule has 0 aliphatic carbocycles. The van der Waals surface area contributed by atoms with Gasteiger partial charge in [-0.1, -0.05) is 0 Å². The summed E-state index contributed by atoms with van der Waals surface area (Å²) in [6, 6.07) is 1.34. The van der Waals surface area contributed by atoms with Crippen molar-refractivity contribution in [3.8, 4) is 0 Å². The number of nitrogens with one attached hydrogen (secondary N) is 2. The van der Waals surface area contributed by atoms with E-state index < -0.39 is 0 Å². The summed E-state index contributed by atoms with van der Waals surface area (Å²) in [4.78, 5) is 27.6. The molecule has 0 bridgehead atoms. The number of carbonyl (C=O) groups is 1. The van der Waals surface area contributed by atoms with Crippen molar-refractivity contribution in [1.82, 2.24) is 15.2 Å². The van der Waals surface area contributed by atoms with Gasteiger partial charge in [-0.3, -0.25) is 9.59 Å². The van der Waals surface area contributed by atoms with Crippen LogP contribution in [0.15, 0.2) is 23.3 Å².